The van der Waals surface area contributed by atoms with Gasteiger partial charge in [-0.2, -0.15) is 0 Å². The Morgan fingerprint density at radius 2 is 1.35 bits per heavy atom. The minimum Gasteiger partial charge on any atom is -0.481 e. The summed E-state index contributed by atoms with van der Waals surface area (Å²) in [5.74, 6) is -0.531. The fourth-order valence-electron chi connectivity index (χ4n) is 14.6. The summed E-state index contributed by atoms with van der Waals surface area (Å²) in [5, 5.41) is 25.5. The number of benzene rings is 1. The number of carboxylic acid groups (broad SMARTS) is 1. The van der Waals surface area contributed by atoms with Gasteiger partial charge in [-0.15, -0.1) is 0 Å². The molecule has 3 saturated carbocycles. The van der Waals surface area contributed by atoms with Crippen molar-refractivity contribution in [3.63, 3.8) is 0 Å². The average molecular weight is 1230 g/mol. The van der Waals surface area contributed by atoms with E-state index < -0.39 is 84.6 Å². The van der Waals surface area contributed by atoms with Gasteiger partial charge in [-0.3, -0.25) is 33.8 Å². The Kier molecular flexibility index (Phi) is 28.7. The molecule has 6 amide bonds. The molecular weight excluding hydrogens is 1130 g/mol. The van der Waals surface area contributed by atoms with E-state index in [0.717, 1.165) is 54.8 Å². The maximum atomic E-state index is 14.0. The number of allylic oxidation sites excluding steroid dienone is 1. The first-order valence-electron chi connectivity index (χ1n) is 32.5. The van der Waals surface area contributed by atoms with Crippen LogP contribution in [0.5, 0.6) is 0 Å². The minimum atomic E-state index is -1.58. The number of amides is 6. The van der Waals surface area contributed by atoms with Crippen LogP contribution in [0, 0.1) is 46.3 Å². The number of hydrogen-bond acceptors (Lipinski definition) is 14. The maximum Gasteiger partial charge on any atom is 0.407 e. The number of carbonyl (C=O) groups excluding carboxylic acids is 7. The number of aliphatic carboxylic acids is 1. The van der Waals surface area contributed by atoms with Crippen LogP contribution in [0.2, 0.25) is 0 Å². The second-order valence-corrected chi connectivity index (χ2v) is 25.9. The number of guanidine groups is 1. The van der Waals surface area contributed by atoms with Crippen LogP contribution in [0.3, 0.4) is 0 Å². The van der Waals surface area contributed by atoms with Gasteiger partial charge in [0.1, 0.15) is 30.8 Å². The third-order valence-electron chi connectivity index (χ3n) is 19.3. The number of aliphatic imine (C=N–C) groups is 1. The van der Waals surface area contributed by atoms with E-state index in [4.69, 9.17) is 35.2 Å². The zero-order chi connectivity index (χ0) is 63.6. The van der Waals surface area contributed by atoms with Crippen molar-refractivity contribution in [2.24, 2.45) is 62.8 Å². The second kappa shape index (κ2) is 35.8. The topological polar surface area (TPSA) is 340 Å². The van der Waals surface area contributed by atoms with Crippen molar-refractivity contribution in [2.45, 2.75) is 193 Å². The highest BCUT2D eigenvalue weighted by Gasteiger charge is 2.59. The van der Waals surface area contributed by atoms with Gasteiger partial charge in [-0.05, 0) is 129 Å². The molecule has 12 atom stereocenters. The van der Waals surface area contributed by atoms with Crippen LogP contribution in [0.25, 0.3) is 0 Å². The Morgan fingerprint density at radius 1 is 0.693 bits per heavy atom. The smallest absolute Gasteiger partial charge is 0.407 e. The van der Waals surface area contributed by atoms with E-state index in [0.29, 0.717) is 56.8 Å². The number of nitrogens with two attached hydrogens (primary N) is 2. The molecule has 8 unspecified atom stereocenters. The number of rotatable bonds is 31. The molecule has 4 aliphatic carbocycles. The molecule has 0 aromatic heterocycles. The van der Waals surface area contributed by atoms with Crippen LogP contribution in [0.15, 0.2) is 47.0 Å². The lowest BCUT2D eigenvalue weighted by Crippen LogP contribution is -2.58. The summed E-state index contributed by atoms with van der Waals surface area (Å²) in [6.07, 6.45) is 14.2. The maximum absolute atomic E-state index is 14.0. The number of alkyl carbamates (subject to hydrolysis) is 2. The average Bonchev–Trinajstić information content (AvgIpc) is 1.57. The monoisotopic (exact) mass is 1230 g/mol. The van der Waals surface area contributed by atoms with Crippen molar-refractivity contribution in [2.75, 3.05) is 65.9 Å². The van der Waals surface area contributed by atoms with Crippen molar-refractivity contribution in [3.8, 4) is 0 Å². The Morgan fingerprint density at radius 3 is 2.07 bits per heavy atom. The SMILES string of the molecule is CC(C)CCCC(C)C1CCC2C3CC=C4CC(OC(=O)NCCOCCOCCOCCOC(=O)NCCCC[C@@H]5NC(=O)[C@@H](Cc6ccccc6)NC(=O)[C@H](CC(=O)O)NC(=O)CCC(=O)[C@@H](CCCN=C(N)N)NC5=O)CCC4(C)C3CCC12C. The van der Waals surface area contributed by atoms with Crippen molar-refractivity contribution < 1.29 is 67.1 Å². The number of nitrogens with zero attached hydrogens (tertiary/aromatic N) is 1. The van der Waals surface area contributed by atoms with Crippen molar-refractivity contribution in [3.05, 3.63) is 47.5 Å². The molecule has 492 valence electrons. The van der Waals surface area contributed by atoms with Crippen molar-refractivity contribution >= 4 is 53.5 Å². The molecule has 5 aliphatic rings. The molecule has 1 aliphatic heterocycles. The van der Waals surface area contributed by atoms with Gasteiger partial charge in [0.25, 0.3) is 0 Å². The Balaban J connectivity index is 0.833. The van der Waals surface area contributed by atoms with Gasteiger partial charge in [0.05, 0.1) is 52.1 Å². The first kappa shape index (κ1) is 70.8. The van der Waals surface area contributed by atoms with Crippen molar-refractivity contribution in [1.29, 1.82) is 0 Å². The quantitative estimate of drug-likeness (QED) is 0.0174. The predicted octanol–water partition coefficient (Wildman–Crippen LogP) is 6.14. The van der Waals surface area contributed by atoms with Crippen LogP contribution in [-0.4, -0.2) is 155 Å². The highest BCUT2D eigenvalue weighted by Crippen LogP contribution is 2.67. The molecule has 4 fully saturated rings. The molecule has 0 bridgehead atoms. The van der Waals surface area contributed by atoms with E-state index in [9.17, 15) is 43.5 Å². The third-order valence-corrected chi connectivity index (χ3v) is 19.3. The van der Waals surface area contributed by atoms with E-state index in [1.165, 1.54) is 56.9 Å². The Labute approximate surface area is 520 Å². The molecule has 23 nitrogen and oxygen atoms in total. The van der Waals surface area contributed by atoms with Crippen LogP contribution in [0.4, 0.5) is 9.59 Å². The zero-order valence-electron chi connectivity index (χ0n) is 52.9. The summed E-state index contributed by atoms with van der Waals surface area (Å²) in [6, 6.07) is 3.46. The standard InChI is InChI=1S/C65H103N9O14/c1-42(2)13-11-14-43(3)48-21-22-49-47-20-19-45-40-46(25-27-64(45,4)50(47)26-28-65(48,49)5)88-63(83)70-31-32-84-33-34-85-35-36-86-37-38-87-62(82)69-29-10-9-17-52-58(79)72-51(18-12-30-68-61(66)67)55(75)23-24-56(76)71-54(41-57(77)78)60(81)74-53(59(80)73-52)39-44-15-7-6-8-16-44/h6-8,15-16,19,42-43,46-54H,9-14,17-18,20-41H2,1-5H3,(H,69,82)(H,70,83)(H,71,76)(H,72,79)(H,73,80)(H,74,81)(H,77,78)(H4,66,67,68)/t43?,46?,47?,48?,49?,50?,51-,52+,53-,54+,64?,65?/m1/s1. The molecular formula is C65H103N9O14. The van der Waals surface area contributed by atoms with Gasteiger partial charge >= 0.3 is 18.2 Å². The van der Waals surface area contributed by atoms with E-state index in [1.54, 1.807) is 30.3 Å². The molecule has 0 radical (unpaired) electrons. The van der Waals surface area contributed by atoms with Crippen LogP contribution >= 0.6 is 0 Å². The lowest BCUT2D eigenvalue weighted by molar-refractivity contribution is -0.141. The van der Waals surface area contributed by atoms with Crippen LogP contribution in [0.1, 0.15) is 162 Å². The Bertz CT molecular complexity index is 2510. The lowest BCUT2D eigenvalue weighted by atomic mass is 9.47. The van der Waals surface area contributed by atoms with Gasteiger partial charge in [-0.25, -0.2) is 9.59 Å². The van der Waals surface area contributed by atoms with Gasteiger partial charge in [0, 0.05) is 45.3 Å². The number of Topliss-reactive ketones (excluding diaryl/α,β-unsaturated/α-hetero) is 1. The number of ether oxygens (including phenoxy) is 5. The fourth-order valence-corrected chi connectivity index (χ4v) is 14.6. The molecule has 0 spiro atoms. The Hall–Kier alpha value is -6.33. The number of ketones is 1. The largest absolute Gasteiger partial charge is 0.481 e. The third kappa shape index (κ3) is 22.0. The predicted molar refractivity (Wildman–Crippen MR) is 331 cm³/mol. The van der Waals surface area contributed by atoms with Gasteiger partial charge in [0.2, 0.25) is 23.6 Å². The molecule has 1 aromatic carbocycles. The van der Waals surface area contributed by atoms with E-state index in [-0.39, 0.29) is 82.5 Å². The normalized spacial score (nSPS) is 27.9. The van der Waals surface area contributed by atoms with E-state index in [1.807, 2.05) is 0 Å². The highest BCUT2D eigenvalue weighted by atomic mass is 16.6. The molecule has 1 saturated heterocycles. The zero-order valence-corrected chi connectivity index (χ0v) is 52.9. The summed E-state index contributed by atoms with van der Waals surface area (Å²) >= 11 is 0. The summed E-state index contributed by atoms with van der Waals surface area (Å²) < 4.78 is 28.0. The van der Waals surface area contributed by atoms with Crippen LogP contribution < -0.4 is 43.4 Å². The summed E-state index contributed by atoms with van der Waals surface area (Å²) in [7, 11) is 0. The molecule has 1 aromatic rings. The number of nitrogens with one attached hydrogen (secondary N) is 6. The molecule has 88 heavy (non-hydrogen) atoms. The number of carboxylic acids is 1. The van der Waals surface area contributed by atoms with Gasteiger partial charge in [0.15, 0.2) is 11.7 Å². The number of carbonyl (C=O) groups is 8. The lowest BCUT2D eigenvalue weighted by Gasteiger charge is -2.58. The molecule has 1 heterocycles. The summed E-state index contributed by atoms with van der Waals surface area (Å²) in [6.45, 7) is 14.6. The number of fused-ring (bicyclic) bond motifs is 5. The number of hydrogen-bond donors (Lipinski definition) is 9. The van der Waals surface area contributed by atoms with E-state index in [2.05, 4.69) is 77.6 Å². The first-order chi connectivity index (χ1) is 42.2. The number of unbranched alkanes of at least 4 members (excludes halogenated alkanes) is 1. The van der Waals surface area contributed by atoms with Crippen molar-refractivity contribution in [1.82, 2.24) is 31.9 Å². The van der Waals surface area contributed by atoms with E-state index >= 15 is 0 Å². The summed E-state index contributed by atoms with van der Waals surface area (Å²) in [4.78, 5) is 109. The minimum absolute atomic E-state index is 0.0237. The molecule has 23 heteroatoms. The fraction of sp³-hybridized carbons (Fsp3) is 0.738. The summed E-state index contributed by atoms with van der Waals surface area (Å²) in [5.41, 5.74) is 13.7. The molecule has 11 N–H and O–H groups in total. The van der Waals surface area contributed by atoms with Gasteiger partial charge < -0.3 is 72.2 Å². The first-order valence-corrected chi connectivity index (χ1v) is 32.5. The van der Waals surface area contributed by atoms with Gasteiger partial charge in [-0.1, -0.05) is 95.9 Å². The molecule has 6 rings (SSSR count). The highest BCUT2D eigenvalue weighted by molar-refractivity contribution is 5.98. The van der Waals surface area contributed by atoms with Crippen LogP contribution in [-0.2, 0) is 58.9 Å². The second-order valence-electron chi connectivity index (χ2n) is 25.9.